The summed E-state index contributed by atoms with van der Waals surface area (Å²) in [6, 6.07) is 14.4. The Hall–Kier alpha value is -2.71. The highest BCUT2D eigenvalue weighted by Gasteiger charge is 2.15. The second kappa shape index (κ2) is 10.0. The van der Waals surface area contributed by atoms with E-state index in [4.69, 9.17) is 0 Å². The van der Waals surface area contributed by atoms with E-state index in [-0.39, 0.29) is 11.6 Å². The summed E-state index contributed by atoms with van der Waals surface area (Å²) in [5.74, 6) is 0.132. The molecule has 1 aromatic carbocycles. The van der Waals surface area contributed by atoms with Crippen molar-refractivity contribution in [2.75, 3.05) is 11.9 Å². The van der Waals surface area contributed by atoms with E-state index in [9.17, 15) is 14.9 Å². The van der Waals surface area contributed by atoms with Crippen LogP contribution in [0.1, 0.15) is 22.6 Å². The maximum absolute atomic E-state index is 12.8. The lowest BCUT2D eigenvalue weighted by Gasteiger charge is -2.21. The third-order valence-corrected chi connectivity index (χ3v) is 5.90. The van der Waals surface area contributed by atoms with Crippen molar-refractivity contribution in [3.8, 4) is 0 Å². The number of benzene rings is 1. The number of nitro groups is 1. The van der Waals surface area contributed by atoms with Crippen LogP contribution in [0.15, 0.2) is 59.3 Å². The van der Waals surface area contributed by atoms with Crippen LogP contribution in [0.4, 0.5) is 11.4 Å². The van der Waals surface area contributed by atoms with Crippen molar-refractivity contribution in [3.05, 3.63) is 79.2 Å². The number of anilines is 1. The first kappa shape index (κ1) is 20.0. The van der Waals surface area contributed by atoms with Crippen LogP contribution >= 0.6 is 22.7 Å². The minimum absolute atomic E-state index is 0.0681. The van der Waals surface area contributed by atoms with Gasteiger partial charge < -0.3 is 10.2 Å². The molecule has 28 heavy (non-hydrogen) atoms. The highest BCUT2D eigenvalue weighted by molar-refractivity contribution is 7.10. The molecule has 8 heteroatoms. The standard InChI is InChI=1S/C20H21N3O3S2/c24-20(6-1-11-21-16-7-9-17(10-8-16)23(25)26)22(14-18-4-2-12-27-18)15-19-5-3-13-28-19/h2-5,7-10,12-13,21H,1,6,11,14-15H2. The molecule has 2 heterocycles. The maximum atomic E-state index is 12.8. The molecule has 3 rings (SSSR count). The number of thiophene rings is 2. The molecule has 6 nitrogen and oxygen atoms in total. The average Bonchev–Trinajstić information content (AvgIpc) is 3.39. The molecule has 2 aromatic heterocycles. The summed E-state index contributed by atoms with van der Waals surface area (Å²) in [5, 5.41) is 17.9. The summed E-state index contributed by atoms with van der Waals surface area (Å²) in [5.41, 5.74) is 0.880. The largest absolute Gasteiger partial charge is 0.385 e. The fourth-order valence-corrected chi connectivity index (χ4v) is 4.18. The number of hydrogen-bond donors (Lipinski definition) is 1. The molecular formula is C20H21N3O3S2. The Balaban J connectivity index is 1.49. The molecule has 0 bridgehead atoms. The van der Waals surface area contributed by atoms with Gasteiger partial charge in [-0.2, -0.15) is 0 Å². The minimum atomic E-state index is -0.418. The summed E-state index contributed by atoms with van der Waals surface area (Å²) >= 11 is 3.32. The lowest BCUT2D eigenvalue weighted by atomic mass is 10.2. The van der Waals surface area contributed by atoms with Gasteiger partial charge in [0.1, 0.15) is 0 Å². The molecule has 0 radical (unpaired) electrons. The second-order valence-corrected chi connectivity index (χ2v) is 8.31. The number of carbonyl (C=O) groups is 1. The van der Waals surface area contributed by atoms with Crippen LogP contribution in [0.25, 0.3) is 0 Å². The fraction of sp³-hybridized carbons (Fsp3) is 0.250. The number of rotatable bonds is 10. The van der Waals surface area contributed by atoms with Crippen LogP contribution in [0.3, 0.4) is 0 Å². The average molecular weight is 416 g/mol. The van der Waals surface area contributed by atoms with Gasteiger partial charge in [0.2, 0.25) is 5.91 Å². The van der Waals surface area contributed by atoms with E-state index < -0.39 is 4.92 Å². The van der Waals surface area contributed by atoms with Crippen molar-refractivity contribution in [1.82, 2.24) is 4.90 Å². The molecule has 0 unspecified atom stereocenters. The Morgan fingerprint density at radius 3 is 2.11 bits per heavy atom. The molecule has 0 spiro atoms. The van der Waals surface area contributed by atoms with Crippen LogP contribution in [-0.4, -0.2) is 22.3 Å². The van der Waals surface area contributed by atoms with Crippen LogP contribution in [0.2, 0.25) is 0 Å². The maximum Gasteiger partial charge on any atom is 0.269 e. The Bertz CT molecular complexity index is 842. The van der Waals surface area contributed by atoms with E-state index in [1.807, 2.05) is 27.8 Å². The molecule has 0 atom stereocenters. The number of non-ortho nitro benzene ring substituents is 1. The summed E-state index contributed by atoms with van der Waals surface area (Å²) in [4.78, 5) is 27.3. The monoisotopic (exact) mass is 415 g/mol. The molecule has 0 aliphatic carbocycles. The molecule has 0 fully saturated rings. The van der Waals surface area contributed by atoms with Crippen molar-refractivity contribution in [2.45, 2.75) is 25.9 Å². The third kappa shape index (κ3) is 5.90. The summed E-state index contributed by atoms with van der Waals surface area (Å²) in [6.45, 7) is 1.89. The zero-order valence-electron chi connectivity index (χ0n) is 15.2. The number of carbonyl (C=O) groups excluding carboxylic acids is 1. The lowest BCUT2D eigenvalue weighted by Crippen LogP contribution is -2.29. The molecule has 0 aliphatic heterocycles. The number of nitrogens with zero attached hydrogens (tertiary/aromatic N) is 2. The fourth-order valence-electron chi connectivity index (χ4n) is 2.75. The molecule has 1 amide bonds. The van der Waals surface area contributed by atoms with Crippen molar-refractivity contribution in [1.29, 1.82) is 0 Å². The van der Waals surface area contributed by atoms with Crippen LogP contribution in [-0.2, 0) is 17.9 Å². The second-order valence-electron chi connectivity index (χ2n) is 6.24. The molecule has 0 saturated heterocycles. The van der Waals surface area contributed by atoms with Crippen molar-refractivity contribution in [2.24, 2.45) is 0 Å². The molecular weight excluding hydrogens is 394 g/mol. The Morgan fingerprint density at radius 2 is 1.61 bits per heavy atom. The van der Waals surface area contributed by atoms with Gasteiger partial charge in [0.05, 0.1) is 18.0 Å². The molecule has 146 valence electrons. The summed E-state index contributed by atoms with van der Waals surface area (Å²) < 4.78 is 0. The predicted octanol–water partition coefficient (Wildman–Crippen LogP) is 5.14. The highest BCUT2D eigenvalue weighted by atomic mass is 32.1. The molecule has 0 saturated carbocycles. The van der Waals surface area contributed by atoms with E-state index in [2.05, 4.69) is 17.4 Å². The first-order valence-electron chi connectivity index (χ1n) is 8.92. The van der Waals surface area contributed by atoms with Crippen molar-refractivity contribution >= 4 is 40.0 Å². The zero-order chi connectivity index (χ0) is 19.8. The molecule has 3 aromatic rings. The van der Waals surface area contributed by atoms with Crippen LogP contribution in [0, 0.1) is 10.1 Å². The van der Waals surface area contributed by atoms with Gasteiger partial charge in [-0.15, -0.1) is 22.7 Å². The Labute approximate surface area is 171 Å². The summed E-state index contributed by atoms with van der Waals surface area (Å²) in [6.07, 6.45) is 1.15. The molecule has 0 aliphatic rings. The van der Waals surface area contributed by atoms with E-state index in [0.29, 0.717) is 32.5 Å². The first-order valence-corrected chi connectivity index (χ1v) is 10.7. The van der Waals surface area contributed by atoms with E-state index in [0.717, 1.165) is 5.69 Å². The highest BCUT2D eigenvalue weighted by Crippen LogP contribution is 2.19. The Kier molecular flexibility index (Phi) is 7.16. The lowest BCUT2D eigenvalue weighted by molar-refractivity contribution is -0.384. The zero-order valence-corrected chi connectivity index (χ0v) is 16.9. The molecule has 1 N–H and O–H groups in total. The first-order chi connectivity index (χ1) is 13.6. The number of nitro benzene ring substituents is 1. The van der Waals surface area contributed by atoms with Gasteiger partial charge in [-0.1, -0.05) is 12.1 Å². The van der Waals surface area contributed by atoms with Gasteiger partial charge in [0.25, 0.3) is 5.69 Å². The van der Waals surface area contributed by atoms with E-state index >= 15 is 0 Å². The van der Waals surface area contributed by atoms with E-state index in [1.54, 1.807) is 34.8 Å². The van der Waals surface area contributed by atoms with Gasteiger partial charge in [-0.05, 0) is 41.4 Å². The van der Waals surface area contributed by atoms with Crippen LogP contribution < -0.4 is 5.32 Å². The Morgan fingerprint density at radius 1 is 1.00 bits per heavy atom. The van der Waals surface area contributed by atoms with Gasteiger partial charge in [0.15, 0.2) is 0 Å². The smallest absolute Gasteiger partial charge is 0.269 e. The van der Waals surface area contributed by atoms with Crippen molar-refractivity contribution < 1.29 is 9.72 Å². The quantitative estimate of drug-likeness (QED) is 0.283. The number of nitrogens with one attached hydrogen (secondary N) is 1. The van der Waals surface area contributed by atoms with Crippen molar-refractivity contribution in [3.63, 3.8) is 0 Å². The van der Waals surface area contributed by atoms with Gasteiger partial charge in [0, 0.05) is 40.5 Å². The SMILES string of the molecule is O=C(CCCNc1ccc([N+](=O)[O-])cc1)N(Cc1cccs1)Cc1cccs1. The number of amides is 1. The number of hydrogen-bond acceptors (Lipinski definition) is 6. The van der Waals surface area contributed by atoms with Gasteiger partial charge in [-0.3, -0.25) is 14.9 Å². The van der Waals surface area contributed by atoms with Gasteiger partial charge >= 0.3 is 0 Å². The summed E-state index contributed by atoms with van der Waals surface area (Å²) in [7, 11) is 0. The van der Waals surface area contributed by atoms with Gasteiger partial charge in [-0.25, -0.2) is 0 Å². The topological polar surface area (TPSA) is 75.5 Å². The van der Waals surface area contributed by atoms with E-state index in [1.165, 1.54) is 21.9 Å². The predicted molar refractivity (Wildman–Crippen MR) is 114 cm³/mol. The van der Waals surface area contributed by atoms with Crippen LogP contribution in [0.5, 0.6) is 0 Å². The normalized spacial score (nSPS) is 10.6. The third-order valence-electron chi connectivity index (χ3n) is 4.18. The minimum Gasteiger partial charge on any atom is -0.385 e.